The van der Waals surface area contributed by atoms with Gasteiger partial charge in [0.15, 0.2) is 10.8 Å². The van der Waals surface area contributed by atoms with Gasteiger partial charge in [-0.25, -0.2) is 17.5 Å². The van der Waals surface area contributed by atoms with Gasteiger partial charge in [0, 0.05) is 31.5 Å². The Hall–Kier alpha value is -3.96. The lowest BCUT2D eigenvalue weighted by molar-refractivity contribution is 0.0739. The van der Waals surface area contributed by atoms with Gasteiger partial charge in [0.1, 0.15) is 11.5 Å². The molecule has 0 saturated heterocycles. The van der Waals surface area contributed by atoms with Crippen LogP contribution in [0.4, 0.5) is 4.39 Å². The third-order valence-corrected chi connectivity index (χ3v) is 11.4. The maximum Gasteiger partial charge on any atom is 0.262 e. The summed E-state index contributed by atoms with van der Waals surface area (Å²) in [5.41, 5.74) is 3.98. The van der Waals surface area contributed by atoms with Crippen molar-refractivity contribution in [3.05, 3.63) is 95.0 Å². The lowest BCUT2D eigenvalue weighted by atomic mass is 9.60. The van der Waals surface area contributed by atoms with E-state index in [-0.39, 0.29) is 23.2 Å². The Kier molecular flexibility index (Phi) is 7.12. The third kappa shape index (κ3) is 4.82. The summed E-state index contributed by atoms with van der Waals surface area (Å²) < 4.78 is 46.3. The quantitative estimate of drug-likeness (QED) is 0.228. The monoisotopic (exact) mass is 614 g/mol. The van der Waals surface area contributed by atoms with Crippen molar-refractivity contribution in [3.8, 4) is 5.69 Å². The van der Waals surface area contributed by atoms with E-state index >= 15 is 0 Å². The van der Waals surface area contributed by atoms with E-state index in [1.165, 1.54) is 16.4 Å². The first-order chi connectivity index (χ1) is 21.2. The molecule has 0 spiro atoms. The molecule has 1 aromatic carbocycles. The van der Waals surface area contributed by atoms with Gasteiger partial charge in [-0.05, 0) is 105 Å². The standard InChI is InChI=1S/C33H35FN6O3S/c1-3-38-16-15-31(37-38)44(42,43)39(4-2)28-11-8-25-17-30-24(21-36-40(30)27-12-9-26(34)10-13-27)18-33(25,19-28)32(41)29-14-7-23(20-35-29)22-5-6-22/h7,9-10,12-17,20-22,28H,3-6,8,11,18-19H2,1-2H3/t28-,33-/m0/s1. The van der Waals surface area contributed by atoms with Gasteiger partial charge in [0.05, 0.1) is 23.0 Å². The molecule has 0 amide bonds. The normalized spacial score (nSPS) is 21.5. The molecule has 11 heteroatoms. The van der Waals surface area contributed by atoms with Crippen LogP contribution in [0.3, 0.4) is 0 Å². The minimum atomic E-state index is -3.89. The van der Waals surface area contributed by atoms with Crippen molar-refractivity contribution < 1.29 is 17.6 Å². The summed E-state index contributed by atoms with van der Waals surface area (Å²) in [4.78, 5) is 19.3. The number of aryl methyl sites for hydroxylation is 1. The van der Waals surface area contributed by atoms with Gasteiger partial charge in [-0.2, -0.15) is 14.5 Å². The molecule has 7 rings (SSSR count). The number of carbonyl (C=O) groups is 1. The van der Waals surface area contributed by atoms with Crippen LogP contribution in [0.15, 0.2) is 71.7 Å². The first kappa shape index (κ1) is 28.8. The van der Waals surface area contributed by atoms with Crippen LogP contribution in [0.2, 0.25) is 0 Å². The number of benzene rings is 1. The Morgan fingerprint density at radius 2 is 1.86 bits per heavy atom. The molecule has 0 aliphatic heterocycles. The Balaban J connectivity index is 1.29. The minimum absolute atomic E-state index is 0.0201. The maximum atomic E-state index is 14.6. The van der Waals surface area contributed by atoms with Gasteiger partial charge in [-0.1, -0.05) is 18.6 Å². The van der Waals surface area contributed by atoms with E-state index in [0.717, 1.165) is 40.9 Å². The van der Waals surface area contributed by atoms with Crippen LogP contribution in [0.25, 0.3) is 11.8 Å². The number of hydrogen-bond donors (Lipinski definition) is 0. The highest BCUT2D eigenvalue weighted by molar-refractivity contribution is 7.89. The van der Waals surface area contributed by atoms with E-state index in [9.17, 15) is 17.6 Å². The van der Waals surface area contributed by atoms with E-state index in [4.69, 9.17) is 0 Å². The molecule has 9 nitrogen and oxygen atoms in total. The van der Waals surface area contributed by atoms with Gasteiger partial charge in [-0.3, -0.25) is 14.5 Å². The van der Waals surface area contributed by atoms with Crippen molar-refractivity contribution >= 4 is 21.9 Å². The number of pyridine rings is 1. The molecule has 2 atom stereocenters. The summed E-state index contributed by atoms with van der Waals surface area (Å²) in [6, 6.07) is 11.1. The number of ketones is 1. The maximum absolute atomic E-state index is 14.6. The van der Waals surface area contributed by atoms with Crippen molar-refractivity contribution in [2.45, 2.75) is 75.9 Å². The van der Waals surface area contributed by atoms with Gasteiger partial charge in [-0.15, -0.1) is 0 Å². The summed E-state index contributed by atoms with van der Waals surface area (Å²) in [5, 5.41) is 8.95. The van der Waals surface area contributed by atoms with Crippen LogP contribution >= 0.6 is 0 Å². The van der Waals surface area contributed by atoms with E-state index < -0.39 is 21.5 Å². The lowest BCUT2D eigenvalue weighted by Gasteiger charge is -2.46. The fourth-order valence-corrected chi connectivity index (χ4v) is 8.56. The Morgan fingerprint density at radius 1 is 1.07 bits per heavy atom. The predicted molar refractivity (Wildman–Crippen MR) is 163 cm³/mol. The lowest BCUT2D eigenvalue weighted by Crippen LogP contribution is -2.50. The van der Waals surface area contributed by atoms with Crippen LogP contribution in [-0.4, -0.2) is 55.6 Å². The molecule has 4 aromatic rings. The number of carbonyl (C=O) groups excluding carboxylic acids is 1. The van der Waals surface area contributed by atoms with Crippen molar-refractivity contribution in [1.82, 2.24) is 28.9 Å². The predicted octanol–water partition coefficient (Wildman–Crippen LogP) is 5.57. The van der Waals surface area contributed by atoms with Gasteiger partial charge < -0.3 is 0 Å². The molecule has 2 saturated carbocycles. The zero-order valence-electron chi connectivity index (χ0n) is 24.9. The zero-order valence-corrected chi connectivity index (χ0v) is 25.7. The second kappa shape index (κ2) is 10.9. The van der Waals surface area contributed by atoms with Crippen LogP contribution < -0.4 is 0 Å². The Morgan fingerprint density at radius 3 is 2.52 bits per heavy atom. The molecular weight excluding hydrogens is 579 g/mol. The molecule has 0 bridgehead atoms. The number of halogens is 1. The summed E-state index contributed by atoms with van der Waals surface area (Å²) >= 11 is 0. The van der Waals surface area contributed by atoms with Crippen molar-refractivity contribution in [3.63, 3.8) is 0 Å². The van der Waals surface area contributed by atoms with Crippen LogP contribution in [0, 0.1) is 11.2 Å². The molecule has 0 radical (unpaired) electrons. The van der Waals surface area contributed by atoms with Gasteiger partial charge in [0.25, 0.3) is 10.0 Å². The fourth-order valence-electron chi connectivity index (χ4n) is 6.96. The number of Topliss-reactive ketones (excluding diaryl/α,β-unsaturated/α-hetero) is 1. The van der Waals surface area contributed by atoms with E-state index in [1.807, 2.05) is 38.3 Å². The largest absolute Gasteiger partial charge is 0.291 e. The van der Waals surface area contributed by atoms with Gasteiger partial charge in [0.2, 0.25) is 0 Å². The molecular formula is C33H35FN6O3S. The second-order valence-electron chi connectivity index (χ2n) is 12.1. The fraction of sp³-hybridized carbons (Fsp3) is 0.394. The number of rotatable bonds is 9. The Labute approximate surface area is 256 Å². The van der Waals surface area contributed by atoms with Crippen LogP contribution in [0.5, 0.6) is 0 Å². The highest BCUT2D eigenvalue weighted by Crippen LogP contribution is 2.51. The van der Waals surface area contributed by atoms with E-state index in [0.29, 0.717) is 43.8 Å². The summed E-state index contributed by atoms with van der Waals surface area (Å²) in [6.45, 7) is 4.57. The van der Waals surface area contributed by atoms with Crippen molar-refractivity contribution in [2.75, 3.05) is 6.54 Å². The first-order valence-corrected chi connectivity index (χ1v) is 16.8. The molecule has 3 aromatic heterocycles. The second-order valence-corrected chi connectivity index (χ2v) is 13.9. The molecule has 3 aliphatic rings. The summed E-state index contributed by atoms with van der Waals surface area (Å²) in [6.07, 6.45) is 11.4. The third-order valence-electron chi connectivity index (χ3n) is 9.44. The minimum Gasteiger partial charge on any atom is -0.291 e. The molecule has 44 heavy (non-hydrogen) atoms. The van der Waals surface area contributed by atoms with E-state index in [1.54, 1.807) is 40.0 Å². The number of sulfonamides is 1. The topological polar surface area (TPSA) is 103 Å². The zero-order chi connectivity index (χ0) is 30.6. The number of nitrogens with zero attached hydrogens (tertiary/aromatic N) is 6. The van der Waals surface area contributed by atoms with Crippen LogP contribution in [0.1, 0.15) is 79.2 Å². The average molecular weight is 615 g/mol. The number of hydrogen-bond acceptors (Lipinski definition) is 6. The van der Waals surface area contributed by atoms with E-state index in [2.05, 4.69) is 15.2 Å². The van der Waals surface area contributed by atoms with Crippen molar-refractivity contribution in [2.24, 2.45) is 5.41 Å². The number of allylic oxidation sites excluding steroid dienone is 1. The average Bonchev–Trinajstić information content (AvgIpc) is 3.62. The van der Waals surface area contributed by atoms with Crippen LogP contribution in [-0.2, 0) is 23.0 Å². The number of aromatic nitrogens is 5. The first-order valence-electron chi connectivity index (χ1n) is 15.3. The van der Waals surface area contributed by atoms with Crippen molar-refractivity contribution in [1.29, 1.82) is 0 Å². The molecule has 3 heterocycles. The molecule has 228 valence electrons. The molecule has 3 aliphatic carbocycles. The smallest absolute Gasteiger partial charge is 0.262 e. The SMILES string of the molecule is CCN([C@H]1CCC2=Cc3c(cnn3-c3ccc(F)cc3)C[C@]2(C(=O)c2ccc(C3CC3)cn2)C1)S(=O)(=O)c1ccn(CC)n1. The molecule has 0 N–H and O–H groups in total. The molecule has 2 fully saturated rings. The summed E-state index contributed by atoms with van der Waals surface area (Å²) in [5.74, 6) is 0.0984. The highest BCUT2D eigenvalue weighted by Gasteiger charge is 2.51. The summed E-state index contributed by atoms with van der Waals surface area (Å²) in [7, 11) is -3.89. The highest BCUT2D eigenvalue weighted by atomic mass is 32.2. The van der Waals surface area contributed by atoms with Gasteiger partial charge >= 0.3 is 0 Å². The molecule has 0 unspecified atom stereocenters. The number of fused-ring (bicyclic) bond motifs is 2. The Bertz CT molecular complexity index is 1860.